The first-order valence-corrected chi connectivity index (χ1v) is 9.62. The number of fused-ring (bicyclic) bond motifs is 1. The minimum Gasteiger partial charge on any atom is -0.306 e. The summed E-state index contributed by atoms with van der Waals surface area (Å²) in [5, 5.41) is 8.69. The van der Waals surface area contributed by atoms with Crippen LogP contribution in [0.5, 0.6) is 0 Å². The van der Waals surface area contributed by atoms with Crippen LogP contribution in [0.15, 0.2) is 42.5 Å². The zero-order valence-electron chi connectivity index (χ0n) is 15.1. The molecule has 0 atom stereocenters. The molecule has 1 N–H and O–H groups in total. The highest BCUT2D eigenvalue weighted by Gasteiger charge is 2.16. The maximum absolute atomic E-state index is 12.7. The van der Waals surface area contributed by atoms with Crippen LogP contribution in [0.25, 0.3) is 15.3 Å². The Morgan fingerprint density at radius 3 is 2.67 bits per heavy atom. The first-order chi connectivity index (χ1) is 12.9. The van der Waals surface area contributed by atoms with Crippen LogP contribution in [-0.4, -0.2) is 20.7 Å². The maximum atomic E-state index is 12.7. The van der Waals surface area contributed by atoms with Gasteiger partial charge in [0.05, 0.1) is 15.4 Å². The predicted octanol–water partition coefficient (Wildman–Crippen LogP) is 5.31. The van der Waals surface area contributed by atoms with Crippen LogP contribution in [0, 0.1) is 20.8 Å². The van der Waals surface area contributed by atoms with E-state index in [9.17, 15) is 4.79 Å². The lowest BCUT2D eigenvalue weighted by Crippen LogP contribution is -2.15. The summed E-state index contributed by atoms with van der Waals surface area (Å²) in [7, 11) is 0. The monoisotopic (exact) mass is 396 g/mol. The summed E-state index contributed by atoms with van der Waals surface area (Å²) in [6.07, 6.45) is 0. The van der Waals surface area contributed by atoms with Crippen molar-refractivity contribution in [3.8, 4) is 5.13 Å². The number of hydrogen-bond donors (Lipinski definition) is 1. The number of nitrogens with one attached hydrogen (secondary N) is 1. The molecule has 0 unspecified atom stereocenters. The van der Waals surface area contributed by atoms with Crippen LogP contribution >= 0.6 is 22.9 Å². The lowest BCUT2D eigenvalue weighted by molar-refractivity contribution is 0.102. The van der Waals surface area contributed by atoms with Gasteiger partial charge in [-0.05, 0) is 56.2 Å². The Morgan fingerprint density at radius 2 is 1.93 bits per heavy atom. The van der Waals surface area contributed by atoms with Gasteiger partial charge in [0.2, 0.25) is 5.13 Å². The van der Waals surface area contributed by atoms with Gasteiger partial charge < -0.3 is 5.32 Å². The largest absolute Gasteiger partial charge is 0.306 e. The summed E-state index contributed by atoms with van der Waals surface area (Å²) in [6, 6.07) is 13.1. The number of aryl methyl sites for hydroxylation is 3. The van der Waals surface area contributed by atoms with E-state index in [1.54, 1.807) is 4.68 Å². The SMILES string of the molecule is Cc1cc(NC(=O)c2ccc(C)c(C)c2)n(-c2nc3c(Cl)cccc3s2)n1. The molecular formula is C20H17ClN4OS. The van der Waals surface area contributed by atoms with Crippen molar-refractivity contribution in [1.29, 1.82) is 0 Å². The van der Waals surface area contributed by atoms with Gasteiger partial charge in [0.15, 0.2) is 0 Å². The second kappa shape index (κ2) is 6.79. The number of aromatic nitrogens is 3. The molecule has 4 aromatic rings. The van der Waals surface area contributed by atoms with Crippen LogP contribution in [0.4, 0.5) is 5.82 Å². The van der Waals surface area contributed by atoms with Gasteiger partial charge in [0.25, 0.3) is 5.91 Å². The highest BCUT2D eigenvalue weighted by Crippen LogP contribution is 2.31. The van der Waals surface area contributed by atoms with E-state index in [0.717, 1.165) is 27.0 Å². The van der Waals surface area contributed by atoms with E-state index in [4.69, 9.17) is 11.6 Å². The van der Waals surface area contributed by atoms with Gasteiger partial charge in [-0.3, -0.25) is 4.79 Å². The van der Waals surface area contributed by atoms with Crippen LogP contribution in [0.3, 0.4) is 0 Å². The summed E-state index contributed by atoms with van der Waals surface area (Å²) in [4.78, 5) is 17.3. The molecule has 2 aromatic heterocycles. The van der Waals surface area contributed by atoms with Gasteiger partial charge in [0, 0.05) is 11.6 Å². The molecule has 0 aliphatic rings. The second-order valence-corrected chi connectivity index (χ2v) is 7.84. The third-order valence-corrected chi connectivity index (χ3v) is 5.68. The van der Waals surface area contributed by atoms with E-state index < -0.39 is 0 Å². The smallest absolute Gasteiger partial charge is 0.256 e. The number of carbonyl (C=O) groups is 1. The summed E-state index contributed by atoms with van der Waals surface area (Å²) in [5.41, 5.74) is 4.36. The molecule has 0 radical (unpaired) electrons. The number of rotatable bonds is 3. The Hall–Kier alpha value is -2.70. The Kier molecular flexibility index (Phi) is 4.45. The predicted molar refractivity (Wildman–Crippen MR) is 110 cm³/mol. The van der Waals surface area contributed by atoms with Crippen molar-refractivity contribution < 1.29 is 4.79 Å². The average molecular weight is 397 g/mol. The quantitative estimate of drug-likeness (QED) is 0.510. The molecule has 0 aliphatic heterocycles. The molecule has 0 fully saturated rings. The molecule has 2 aromatic carbocycles. The fourth-order valence-corrected chi connectivity index (χ4v) is 4.03. The van der Waals surface area contributed by atoms with Gasteiger partial charge in [0.1, 0.15) is 11.3 Å². The number of benzene rings is 2. The zero-order chi connectivity index (χ0) is 19.1. The van der Waals surface area contributed by atoms with Crippen LogP contribution in [0.2, 0.25) is 5.02 Å². The highest BCUT2D eigenvalue weighted by atomic mass is 35.5. The van der Waals surface area contributed by atoms with E-state index in [1.165, 1.54) is 11.3 Å². The minimum atomic E-state index is -0.182. The van der Waals surface area contributed by atoms with E-state index in [2.05, 4.69) is 15.4 Å². The van der Waals surface area contributed by atoms with E-state index in [0.29, 0.717) is 21.5 Å². The Bertz CT molecular complexity index is 1180. The maximum Gasteiger partial charge on any atom is 0.256 e. The average Bonchev–Trinajstić information content (AvgIpc) is 3.21. The third kappa shape index (κ3) is 3.34. The number of para-hydroxylation sites is 1. The van der Waals surface area contributed by atoms with E-state index in [1.807, 2.05) is 63.2 Å². The topological polar surface area (TPSA) is 59.8 Å². The number of hydrogen-bond acceptors (Lipinski definition) is 4. The Morgan fingerprint density at radius 1 is 1.11 bits per heavy atom. The van der Waals surface area contributed by atoms with Gasteiger partial charge >= 0.3 is 0 Å². The van der Waals surface area contributed by atoms with Crippen LogP contribution in [0.1, 0.15) is 27.2 Å². The normalized spacial score (nSPS) is 11.1. The number of thiazole rings is 1. The summed E-state index contributed by atoms with van der Waals surface area (Å²) in [5.74, 6) is 0.393. The standard InChI is InChI=1S/C20H17ClN4OS/c1-11-7-8-14(9-12(11)2)19(26)22-17-10-13(3)24-25(17)20-23-18-15(21)5-4-6-16(18)27-20/h4-10H,1-3H3,(H,22,26). The lowest BCUT2D eigenvalue weighted by Gasteiger charge is -2.08. The van der Waals surface area contributed by atoms with Gasteiger partial charge in [-0.2, -0.15) is 9.78 Å². The van der Waals surface area contributed by atoms with Crippen molar-refractivity contribution in [3.63, 3.8) is 0 Å². The van der Waals surface area contributed by atoms with Gasteiger partial charge in [-0.25, -0.2) is 4.98 Å². The number of anilines is 1. The second-order valence-electron chi connectivity index (χ2n) is 6.42. The molecule has 27 heavy (non-hydrogen) atoms. The number of nitrogens with zero attached hydrogens (tertiary/aromatic N) is 3. The van der Waals surface area contributed by atoms with E-state index >= 15 is 0 Å². The molecule has 0 saturated carbocycles. The molecule has 1 amide bonds. The van der Waals surface area contributed by atoms with Crippen molar-refractivity contribution in [3.05, 3.63) is 69.9 Å². The molecule has 0 spiro atoms. The van der Waals surface area contributed by atoms with Crippen molar-refractivity contribution in [1.82, 2.24) is 14.8 Å². The summed E-state index contributed by atoms with van der Waals surface area (Å²) < 4.78 is 2.62. The first kappa shape index (κ1) is 17.7. The van der Waals surface area contributed by atoms with Gasteiger partial charge in [-0.15, -0.1) is 0 Å². The Labute approximate surface area is 165 Å². The molecule has 7 heteroatoms. The van der Waals surface area contributed by atoms with Crippen molar-refractivity contribution >= 4 is 44.9 Å². The number of amides is 1. The molecule has 2 heterocycles. The highest BCUT2D eigenvalue weighted by molar-refractivity contribution is 7.20. The number of halogens is 1. The van der Waals surface area contributed by atoms with E-state index in [-0.39, 0.29) is 5.91 Å². The summed E-state index contributed by atoms with van der Waals surface area (Å²) in [6.45, 7) is 5.89. The lowest BCUT2D eigenvalue weighted by atomic mass is 10.1. The molecule has 0 bridgehead atoms. The fourth-order valence-electron chi connectivity index (χ4n) is 2.80. The molecule has 5 nitrogen and oxygen atoms in total. The molecule has 0 saturated heterocycles. The number of carbonyl (C=O) groups excluding carboxylic acids is 1. The van der Waals surface area contributed by atoms with Crippen LogP contribution < -0.4 is 5.32 Å². The molecule has 4 rings (SSSR count). The molecular weight excluding hydrogens is 380 g/mol. The summed E-state index contributed by atoms with van der Waals surface area (Å²) >= 11 is 7.71. The molecule has 136 valence electrons. The van der Waals surface area contributed by atoms with Crippen LogP contribution in [-0.2, 0) is 0 Å². The fraction of sp³-hybridized carbons (Fsp3) is 0.150. The third-order valence-electron chi connectivity index (χ3n) is 4.38. The first-order valence-electron chi connectivity index (χ1n) is 8.43. The minimum absolute atomic E-state index is 0.182. The molecule has 0 aliphatic carbocycles. The zero-order valence-corrected chi connectivity index (χ0v) is 16.6. The van der Waals surface area contributed by atoms with Crippen molar-refractivity contribution in [2.75, 3.05) is 5.32 Å². The van der Waals surface area contributed by atoms with Crippen molar-refractivity contribution in [2.45, 2.75) is 20.8 Å². The van der Waals surface area contributed by atoms with Gasteiger partial charge in [-0.1, -0.05) is 35.1 Å². The van der Waals surface area contributed by atoms with Crippen molar-refractivity contribution in [2.24, 2.45) is 0 Å². The Balaban J connectivity index is 1.71.